The first-order valence-electron chi connectivity index (χ1n) is 7.38. The van der Waals surface area contributed by atoms with Crippen molar-refractivity contribution in [2.75, 3.05) is 13.2 Å². The maximum absolute atomic E-state index is 12.3. The molecule has 5 nitrogen and oxygen atoms in total. The van der Waals surface area contributed by atoms with Gasteiger partial charge in [-0.3, -0.25) is 9.59 Å². The third-order valence-electron chi connectivity index (χ3n) is 3.45. The van der Waals surface area contributed by atoms with Crippen LogP contribution in [0.4, 0.5) is 0 Å². The van der Waals surface area contributed by atoms with Gasteiger partial charge in [-0.05, 0) is 47.3 Å². The number of halogens is 1. The molecular formula is C17H24BrNO4. The number of amides is 1. The minimum Gasteiger partial charge on any atom is -0.396 e. The molecule has 0 aliphatic heterocycles. The zero-order valence-electron chi connectivity index (χ0n) is 13.9. The normalized spacial score (nSPS) is 12.1. The standard InChI is InChI=1S/C17H24BrNO4/c1-16(2,9-20)8-14(22)11-5-6-12(13(18)7-11)15(23)19-17(3,4)10-21/h5-7,20-21H,8-10H2,1-4H3,(H,19,23). The lowest BCUT2D eigenvalue weighted by atomic mass is 9.86. The van der Waals surface area contributed by atoms with Crippen LogP contribution in [0.5, 0.6) is 0 Å². The number of rotatable bonds is 7. The van der Waals surface area contributed by atoms with Crippen molar-refractivity contribution in [1.82, 2.24) is 5.32 Å². The van der Waals surface area contributed by atoms with Gasteiger partial charge in [0.15, 0.2) is 5.78 Å². The SMILES string of the molecule is CC(C)(CO)CC(=O)c1ccc(C(=O)NC(C)(C)CO)c(Br)c1. The molecule has 0 radical (unpaired) electrons. The molecule has 0 spiro atoms. The van der Waals surface area contributed by atoms with E-state index in [0.29, 0.717) is 15.6 Å². The van der Waals surface area contributed by atoms with Gasteiger partial charge in [0, 0.05) is 23.1 Å². The van der Waals surface area contributed by atoms with Crippen LogP contribution in [-0.2, 0) is 0 Å². The van der Waals surface area contributed by atoms with Gasteiger partial charge in [-0.25, -0.2) is 0 Å². The monoisotopic (exact) mass is 385 g/mol. The second kappa shape index (κ2) is 7.55. The molecule has 0 bridgehead atoms. The van der Waals surface area contributed by atoms with E-state index in [4.69, 9.17) is 0 Å². The highest BCUT2D eigenvalue weighted by Gasteiger charge is 2.24. The van der Waals surface area contributed by atoms with Crippen LogP contribution in [0.1, 0.15) is 54.8 Å². The number of aliphatic hydroxyl groups is 2. The summed E-state index contributed by atoms with van der Waals surface area (Å²) in [6, 6.07) is 4.78. The fraction of sp³-hybridized carbons (Fsp3) is 0.529. The van der Waals surface area contributed by atoms with Crippen molar-refractivity contribution in [3.8, 4) is 0 Å². The maximum Gasteiger partial charge on any atom is 0.252 e. The molecule has 1 aromatic carbocycles. The van der Waals surface area contributed by atoms with Crippen LogP contribution in [0.3, 0.4) is 0 Å². The van der Waals surface area contributed by atoms with Gasteiger partial charge in [0.25, 0.3) is 5.91 Å². The van der Waals surface area contributed by atoms with Crippen LogP contribution < -0.4 is 5.32 Å². The predicted molar refractivity (Wildman–Crippen MR) is 92.6 cm³/mol. The molecule has 0 fully saturated rings. The van der Waals surface area contributed by atoms with Gasteiger partial charge in [0.1, 0.15) is 0 Å². The molecule has 0 heterocycles. The van der Waals surface area contributed by atoms with E-state index < -0.39 is 11.0 Å². The van der Waals surface area contributed by atoms with E-state index in [2.05, 4.69) is 21.2 Å². The third-order valence-corrected chi connectivity index (χ3v) is 4.11. The fourth-order valence-electron chi connectivity index (χ4n) is 1.88. The van der Waals surface area contributed by atoms with Gasteiger partial charge in [0.2, 0.25) is 0 Å². The van der Waals surface area contributed by atoms with Crippen LogP contribution in [-0.4, -0.2) is 40.7 Å². The Kier molecular flexibility index (Phi) is 6.50. The van der Waals surface area contributed by atoms with Crippen molar-refractivity contribution in [1.29, 1.82) is 0 Å². The summed E-state index contributed by atoms with van der Waals surface area (Å²) in [6.45, 7) is 6.82. The first-order chi connectivity index (χ1) is 10.5. The summed E-state index contributed by atoms with van der Waals surface area (Å²) in [5.74, 6) is -0.419. The Morgan fingerprint density at radius 2 is 1.74 bits per heavy atom. The Morgan fingerprint density at radius 1 is 1.13 bits per heavy atom. The topological polar surface area (TPSA) is 86.6 Å². The van der Waals surface area contributed by atoms with Crippen molar-refractivity contribution in [2.24, 2.45) is 5.41 Å². The number of carbonyl (C=O) groups excluding carboxylic acids is 2. The zero-order chi connectivity index (χ0) is 17.8. The molecule has 0 aliphatic rings. The van der Waals surface area contributed by atoms with Gasteiger partial charge in [-0.1, -0.05) is 19.9 Å². The molecule has 0 aliphatic carbocycles. The van der Waals surface area contributed by atoms with E-state index >= 15 is 0 Å². The Labute approximate surface area is 145 Å². The summed E-state index contributed by atoms with van der Waals surface area (Å²) in [5, 5.41) is 21.2. The number of aliphatic hydroxyl groups excluding tert-OH is 2. The van der Waals surface area contributed by atoms with Crippen LogP contribution in [0, 0.1) is 5.41 Å². The average molecular weight is 386 g/mol. The lowest BCUT2D eigenvalue weighted by Crippen LogP contribution is -2.46. The molecule has 0 aromatic heterocycles. The lowest BCUT2D eigenvalue weighted by molar-refractivity contribution is 0.0851. The highest BCUT2D eigenvalue weighted by molar-refractivity contribution is 9.10. The summed E-state index contributed by atoms with van der Waals surface area (Å²) in [5.41, 5.74) is -0.332. The fourth-order valence-corrected chi connectivity index (χ4v) is 2.44. The molecule has 6 heteroatoms. The Bertz CT molecular complexity index is 596. The molecule has 1 amide bonds. The van der Waals surface area contributed by atoms with Crippen molar-refractivity contribution in [2.45, 2.75) is 39.7 Å². The molecule has 0 saturated heterocycles. The van der Waals surface area contributed by atoms with Crippen molar-refractivity contribution < 1.29 is 19.8 Å². The smallest absolute Gasteiger partial charge is 0.252 e. The second-order valence-electron chi connectivity index (χ2n) is 7.11. The van der Waals surface area contributed by atoms with E-state index in [1.165, 1.54) is 0 Å². The second-order valence-corrected chi connectivity index (χ2v) is 7.97. The number of ketones is 1. The minimum absolute atomic E-state index is 0.0728. The number of Topliss-reactive ketones (excluding diaryl/α,β-unsaturated/α-hetero) is 1. The van der Waals surface area contributed by atoms with Crippen molar-refractivity contribution in [3.05, 3.63) is 33.8 Å². The quantitative estimate of drug-likeness (QED) is 0.629. The highest BCUT2D eigenvalue weighted by atomic mass is 79.9. The van der Waals surface area contributed by atoms with Gasteiger partial charge >= 0.3 is 0 Å². The molecular weight excluding hydrogens is 362 g/mol. The Morgan fingerprint density at radius 3 is 2.22 bits per heavy atom. The van der Waals surface area contributed by atoms with Crippen LogP contribution in [0.2, 0.25) is 0 Å². The number of nitrogens with one attached hydrogen (secondary N) is 1. The first kappa shape index (κ1) is 19.8. The maximum atomic E-state index is 12.3. The van der Waals surface area contributed by atoms with Gasteiger partial charge in [0.05, 0.1) is 17.7 Å². The highest BCUT2D eigenvalue weighted by Crippen LogP contribution is 2.25. The molecule has 0 atom stereocenters. The number of benzene rings is 1. The van der Waals surface area contributed by atoms with Crippen LogP contribution >= 0.6 is 15.9 Å². The molecule has 0 unspecified atom stereocenters. The number of carbonyl (C=O) groups is 2. The van der Waals surface area contributed by atoms with Crippen molar-refractivity contribution in [3.63, 3.8) is 0 Å². The van der Waals surface area contributed by atoms with E-state index in [0.717, 1.165) is 0 Å². The molecule has 23 heavy (non-hydrogen) atoms. The lowest BCUT2D eigenvalue weighted by Gasteiger charge is -2.24. The zero-order valence-corrected chi connectivity index (χ0v) is 15.5. The summed E-state index contributed by atoms with van der Waals surface area (Å²) >= 11 is 3.32. The average Bonchev–Trinajstić information content (AvgIpc) is 2.46. The molecule has 128 valence electrons. The Hall–Kier alpha value is -1.24. The van der Waals surface area contributed by atoms with Crippen LogP contribution in [0.15, 0.2) is 22.7 Å². The van der Waals surface area contributed by atoms with E-state index in [9.17, 15) is 19.8 Å². The molecule has 3 N–H and O–H groups in total. The van der Waals surface area contributed by atoms with Gasteiger partial charge < -0.3 is 15.5 Å². The van der Waals surface area contributed by atoms with E-state index in [1.54, 1.807) is 32.0 Å². The Balaban J connectivity index is 2.94. The summed E-state index contributed by atoms with van der Waals surface area (Å²) in [6.07, 6.45) is 0.221. The largest absolute Gasteiger partial charge is 0.396 e. The molecule has 1 rings (SSSR count). The minimum atomic E-state index is -0.726. The van der Waals surface area contributed by atoms with E-state index in [1.807, 2.05) is 13.8 Å². The third kappa shape index (κ3) is 5.71. The van der Waals surface area contributed by atoms with Gasteiger partial charge in [-0.2, -0.15) is 0 Å². The summed E-state index contributed by atoms with van der Waals surface area (Å²) in [4.78, 5) is 24.5. The van der Waals surface area contributed by atoms with Gasteiger partial charge in [-0.15, -0.1) is 0 Å². The summed E-state index contributed by atoms with van der Waals surface area (Å²) in [7, 11) is 0. The first-order valence-corrected chi connectivity index (χ1v) is 8.17. The van der Waals surface area contributed by atoms with Crippen LogP contribution in [0.25, 0.3) is 0 Å². The van der Waals surface area contributed by atoms with E-state index in [-0.39, 0.29) is 31.3 Å². The van der Waals surface area contributed by atoms with Crippen molar-refractivity contribution >= 4 is 27.6 Å². The summed E-state index contributed by atoms with van der Waals surface area (Å²) < 4.78 is 0.511. The predicted octanol–water partition coefficient (Wildman–Crippen LogP) is 2.54. The number of hydrogen-bond donors (Lipinski definition) is 3. The molecule has 0 saturated carbocycles. The molecule has 1 aromatic rings. The number of hydrogen-bond acceptors (Lipinski definition) is 4.